The number of nitrogens with zero attached hydrogens (tertiary/aromatic N) is 6. The van der Waals surface area contributed by atoms with E-state index in [2.05, 4.69) is 50.8 Å². The summed E-state index contributed by atoms with van der Waals surface area (Å²) in [7, 11) is 4.40. The topological polar surface area (TPSA) is 57.7 Å². The predicted octanol–water partition coefficient (Wildman–Crippen LogP) is -0.172. The van der Waals surface area contributed by atoms with Gasteiger partial charge in [-0.05, 0) is 40.3 Å². The summed E-state index contributed by atoms with van der Waals surface area (Å²) in [6, 6.07) is 0.478. The highest BCUT2D eigenvalue weighted by Gasteiger charge is 2.25. The Morgan fingerprint density at radius 3 is 2.34 bits per heavy atom. The minimum absolute atomic E-state index is 0.308. The number of carbonyl (C=O) groups excluding carboxylic acids is 1. The zero-order valence-corrected chi connectivity index (χ0v) is 18.8. The van der Waals surface area contributed by atoms with Gasteiger partial charge in [-0.25, -0.2) is 0 Å². The number of aliphatic imine (C=N–C) groups is 1. The lowest BCUT2D eigenvalue weighted by molar-refractivity contribution is -0.133. The van der Waals surface area contributed by atoms with Crippen molar-refractivity contribution >= 4 is 11.9 Å². The van der Waals surface area contributed by atoms with Crippen molar-refractivity contribution in [3.05, 3.63) is 0 Å². The first kappa shape index (κ1) is 22.3. The van der Waals surface area contributed by atoms with Gasteiger partial charge in [0.25, 0.3) is 0 Å². The van der Waals surface area contributed by atoms with Crippen LogP contribution in [0.2, 0.25) is 0 Å². The maximum Gasteiger partial charge on any atom is 0.236 e. The van der Waals surface area contributed by atoms with Crippen molar-refractivity contribution in [3.8, 4) is 0 Å². The lowest BCUT2D eigenvalue weighted by Gasteiger charge is -2.39. The number of carbonyl (C=O) groups is 1. The monoisotopic (exact) mass is 407 g/mol. The Morgan fingerprint density at radius 2 is 1.66 bits per heavy atom. The van der Waals surface area contributed by atoms with Crippen LogP contribution in [0.1, 0.15) is 26.2 Å². The van der Waals surface area contributed by atoms with Crippen LogP contribution >= 0.6 is 0 Å². The van der Waals surface area contributed by atoms with Crippen molar-refractivity contribution in [3.63, 3.8) is 0 Å². The van der Waals surface area contributed by atoms with Crippen LogP contribution in [0, 0.1) is 0 Å². The third-order valence-corrected chi connectivity index (χ3v) is 6.51. The minimum Gasteiger partial charge on any atom is -0.357 e. The molecule has 166 valence electrons. The number of piperazine rings is 2. The van der Waals surface area contributed by atoms with Crippen molar-refractivity contribution in [2.75, 3.05) is 92.6 Å². The van der Waals surface area contributed by atoms with Gasteiger partial charge < -0.3 is 20.0 Å². The molecule has 0 radical (unpaired) electrons. The van der Waals surface area contributed by atoms with E-state index in [1.165, 1.54) is 6.42 Å². The highest BCUT2D eigenvalue weighted by Crippen LogP contribution is 2.11. The smallest absolute Gasteiger partial charge is 0.236 e. The summed E-state index contributed by atoms with van der Waals surface area (Å²) in [4.78, 5) is 29.1. The molecule has 0 saturated carbocycles. The summed E-state index contributed by atoms with van der Waals surface area (Å²) in [6.45, 7) is 13.3. The molecule has 1 unspecified atom stereocenters. The fourth-order valence-corrected chi connectivity index (χ4v) is 4.47. The van der Waals surface area contributed by atoms with Crippen molar-refractivity contribution < 1.29 is 4.79 Å². The third-order valence-electron chi connectivity index (χ3n) is 6.51. The standard InChI is InChI=1S/C21H41N7O/c1-4-22-21(23-16-19-17-24(2)10-11-25(19)3)28-14-12-26(13-15-28)18-20(29)27-8-6-5-7-9-27/h19H,4-18H2,1-3H3,(H,22,23). The Kier molecular flexibility index (Phi) is 8.56. The molecule has 1 atom stereocenters. The number of guanidine groups is 1. The average molecular weight is 408 g/mol. The number of amides is 1. The molecule has 3 fully saturated rings. The van der Waals surface area contributed by atoms with Gasteiger partial charge in [0.2, 0.25) is 5.91 Å². The zero-order valence-electron chi connectivity index (χ0n) is 18.8. The number of rotatable bonds is 5. The van der Waals surface area contributed by atoms with E-state index in [0.717, 1.165) is 90.8 Å². The van der Waals surface area contributed by atoms with Gasteiger partial charge in [0, 0.05) is 71.5 Å². The molecule has 1 amide bonds. The molecule has 29 heavy (non-hydrogen) atoms. The van der Waals surface area contributed by atoms with Crippen molar-refractivity contribution in [2.45, 2.75) is 32.2 Å². The van der Waals surface area contributed by atoms with Gasteiger partial charge >= 0.3 is 0 Å². The SMILES string of the molecule is CCNC(=NCC1CN(C)CCN1C)N1CCN(CC(=O)N2CCCCC2)CC1. The Morgan fingerprint density at radius 1 is 0.931 bits per heavy atom. The van der Waals surface area contributed by atoms with E-state index in [1.807, 2.05) is 0 Å². The molecule has 8 nitrogen and oxygen atoms in total. The second kappa shape index (κ2) is 11.1. The molecular formula is C21H41N7O. The van der Waals surface area contributed by atoms with Gasteiger partial charge in [0.15, 0.2) is 5.96 Å². The number of likely N-dealkylation sites (N-methyl/N-ethyl adjacent to an activating group) is 2. The number of piperidine rings is 1. The van der Waals surface area contributed by atoms with Crippen molar-refractivity contribution in [1.29, 1.82) is 0 Å². The first-order valence-corrected chi connectivity index (χ1v) is 11.5. The van der Waals surface area contributed by atoms with Crippen LogP contribution in [0.25, 0.3) is 0 Å². The summed E-state index contributed by atoms with van der Waals surface area (Å²) < 4.78 is 0. The van der Waals surface area contributed by atoms with E-state index in [-0.39, 0.29) is 0 Å². The van der Waals surface area contributed by atoms with E-state index >= 15 is 0 Å². The molecule has 0 spiro atoms. The largest absolute Gasteiger partial charge is 0.357 e. The molecule has 3 aliphatic rings. The van der Waals surface area contributed by atoms with E-state index in [9.17, 15) is 4.79 Å². The summed E-state index contributed by atoms with van der Waals surface area (Å²) in [5.74, 6) is 1.33. The van der Waals surface area contributed by atoms with Gasteiger partial charge in [0.05, 0.1) is 13.1 Å². The molecule has 0 aromatic rings. The maximum atomic E-state index is 12.5. The lowest BCUT2D eigenvalue weighted by Crippen LogP contribution is -2.55. The van der Waals surface area contributed by atoms with Crippen LogP contribution in [-0.4, -0.2) is 135 Å². The van der Waals surface area contributed by atoms with Crippen LogP contribution in [0.5, 0.6) is 0 Å². The second-order valence-corrected chi connectivity index (χ2v) is 8.80. The minimum atomic E-state index is 0.308. The van der Waals surface area contributed by atoms with Gasteiger partial charge in [-0.15, -0.1) is 0 Å². The molecule has 3 heterocycles. The predicted molar refractivity (Wildman–Crippen MR) is 118 cm³/mol. The van der Waals surface area contributed by atoms with Crippen molar-refractivity contribution in [1.82, 2.24) is 29.8 Å². The van der Waals surface area contributed by atoms with E-state index < -0.39 is 0 Å². The van der Waals surface area contributed by atoms with Gasteiger partial charge in [-0.1, -0.05) is 0 Å². The number of hydrogen-bond donors (Lipinski definition) is 1. The van der Waals surface area contributed by atoms with E-state index in [4.69, 9.17) is 4.99 Å². The number of hydrogen-bond acceptors (Lipinski definition) is 5. The fraction of sp³-hybridized carbons (Fsp3) is 0.905. The summed E-state index contributed by atoms with van der Waals surface area (Å²) in [5, 5.41) is 3.48. The average Bonchev–Trinajstić information content (AvgIpc) is 2.74. The van der Waals surface area contributed by atoms with Gasteiger partial charge in [-0.2, -0.15) is 0 Å². The Balaban J connectivity index is 1.48. The van der Waals surface area contributed by atoms with Crippen LogP contribution in [0.15, 0.2) is 4.99 Å². The van der Waals surface area contributed by atoms with Crippen LogP contribution in [-0.2, 0) is 4.79 Å². The first-order valence-electron chi connectivity index (χ1n) is 11.5. The highest BCUT2D eigenvalue weighted by molar-refractivity contribution is 5.80. The second-order valence-electron chi connectivity index (χ2n) is 8.80. The number of nitrogens with one attached hydrogen (secondary N) is 1. The molecule has 0 bridgehead atoms. The summed E-state index contributed by atoms with van der Waals surface area (Å²) >= 11 is 0. The lowest BCUT2D eigenvalue weighted by atomic mass is 10.1. The molecule has 3 rings (SSSR count). The normalized spacial score (nSPS) is 26.0. The molecule has 0 aromatic heterocycles. The molecule has 3 aliphatic heterocycles. The Hall–Kier alpha value is -1.38. The number of likely N-dealkylation sites (tertiary alicyclic amines) is 1. The van der Waals surface area contributed by atoms with E-state index in [0.29, 0.717) is 18.5 Å². The third kappa shape index (κ3) is 6.55. The van der Waals surface area contributed by atoms with Crippen molar-refractivity contribution in [2.24, 2.45) is 4.99 Å². The van der Waals surface area contributed by atoms with E-state index in [1.54, 1.807) is 0 Å². The molecule has 3 saturated heterocycles. The summed E-state index contributed by atoms with van der Waals surface area (Å²) in [5.41, 5.74) is 0. The Bertz CT molecular complexity index is 541. The van der Waals surface area contributed by atoms with Gasteiger partial charge in [-0.3, -0.25) is 19.6 Å². The Labute approximate surface area is 176 Å². The zero-order chi connectivity index (χ0) is 20.6. The molecule has 1 N–H and O–H groups in total. The molecule has 8 heteroatoms. The highest BCUT2D eigenvalue weighted by atomic mass is 16.2. The fourth-order valence-electron chi connectivity index (χ4n) is 4.47. The molecular weight excluding hydrogens is 366 g/mol. The quantitative estimate of drug-likeness (QED) is 0.504. The molecule has 0 aromatic carbocycles. The van der Waals surface area contributed by atoms with Crippen LogP contribution in [0.4, 0.5) is 0 Å². The van der Waals surface area contributed by atoms with Crippen LogP contribution < -0.4 is 5.32 Å². The maximum absolute atomic E-state index is 12.5. The molecule has 0 aliphatic carbocycles. The summed E-state index contributed by atoms with van der Waals surface area (Å²) in [6.07, 6.45) is 3.59. The van der Waals surface area contributed by atoms with Crippen LogP contribution in [0.3, 0.4) is 0 Å². The van der Waals surface area contributed by atoms with Gasteiger partial charge in [0.1, 0.15) is 0 Å². The first-order chi connectivity index (χ1) is 14.1.